The Bertz CT molecular complexity index is 1320. The number of ether oxygens (including phenoxy) is 3. The van der Waals surface area contributed by atoms with Gasteiger partial charge in [-0.1, -0.05) is 18.2 Å². The van der Waals surface area contributed by atoms with Crippen LogP contribution in [0, 0.1) is 0 Å². The first-order valence-electron chi connectivity index (χ1n) is 12.9. The van der Waals surface area contributed by atoms with Gasteiger partial charge in [0.15, 0.2) is 11.9 Å². The molecular formula is C26H33N7O6. The van der Waals surface area contributed by atoms with Gasteiger partial charge in [-0.05, 0) is 38.0 Å². The molecule has 2 unspecified atom stereocenters. The number of carbonyl (C=O) groups is 3. The van der Waals surface area contributed by atoms with Crippen molar-refractivity contribution in [1.82, 2.24) is 25.3 Å². The number of nitrogens with zero attached hydrogens (tertiary/aromatic N) is 6. The molecule has 208 valence electrons. The fourth-order valence-electron chi connectivity index (χ4n) is 4.45. The minimum atomic E-state index is -0.483. The van der Waals surface area contributed by atoms with Crippen molar-refractivity contribution in [3.63, 3.8) is 0 Å². The molecule has 13 nitrogen and oxygen atoms in total. The third kappa shape index (κ3) is 6.24. The van der Waals surface area contributed by atoms with Gasteiger partial charge >= 0.3 is 11.9 Å². The van der Waals surface area contributed by atoms with Gasteiger partial charge in [0.05, 0.1) is 24.8 Å². The monoisotopic (exact) mass is 539 g/mol. The van der Waals surface area contributed by atoms with E-state index in [0.717, 1.165) is 24.2 Å². The van der Waals surface area contributed by atoms with E-state index >= 15 is 0 Å². The molecule has 13 heteroatoms. The van der Waals surface area contributed by atoms with Crippen molar-refractivity contribution in [3.05, 3.63) is 40.7 Å². The molecule has 0 saturated carbocycles. The van der Waals surface area contributed by atoms with Crippen LogP contribution in [0.25, 0.3) is 0 Å². The smallest absolute Gasteiger partial charge is 0.303 e. The van der Waals surface area contributed by atoms with E-state index in [9.17, 15) is 14.4 Å². The number of amides is 1. The molecule has 3 heterocycles. The lowest BCUT2D eigenvalue weighted by Gasteiger charge is -2.30. The first kappa shape index (κ1) is 27.7. The van der Waals surface area contributed by atoms with Crippen molar-refractivity contribution in [2.45, 2.75) is 79.3 Å². The topological polar surface area (TPSA) is 150 Å². The predicted molar refractivity (Wildman–Crippen MR) is 140 cm³/mol. The SMILES string of the molecule is CCCC1=NC(C)C2C(=O)NC(c3cc(Cn4nnc(COC(C)=O)c4COC(C)=O)ccc3OCC)=NN12. The molecule has 0 fully saturated rings. The number of benzene rings is 1. The van der Waals surface area contributed by atoms with Gasteiger partial charge in [-0.25, -0.2) is 9.69 Å². The van der Waals surface area contributed by atoms with E-state index in [1.165, 1.54) is 13.8 Å². The molecule has 0 bridgehead atoms. The molecule has 1 N–H and O–H groups in total. The molecule has 2 aliphatic heterocycles. The van der Waals surface area contributed by atoms with Gasteiger partial charge in [0, 0.05) is 20.3 Å². The van der Waals surface area contributed by atoms with Gasteiger partial charge in [-0.15, -0.1) is 5.10 Å². The number of amidine groups is 2. The summed E-state index contributed by atoms with van der Waals surface area (Å²) in [6.45, 7) is 8.96. The van der Waals surface area contributed by atoms with Crippen LogP contribution in [-0.4, -0.2) is 68.2 Å². The molecule has 1 aromatic carbocycles. The number of hydrogen-bond donors (Lipinski definition) is 1. The van der Waals surface area contributed by atoms with E-state index in [1.54, 1.807) is 9.69 Å². The fourth-order valence-corrected chi connectivity index (χ4v) is 4.45. The van der Waals surface area contributed by atoms with Gasteiger partial charge in [-0.2, -0.15) is 5.10 Å². The average molecular weight is 540 g/mol. The van der Waals surface area contributed by atoms with Crippen LogP contribution in [0.15, 0.2) is 28.3 Å². The van der Waals surface area contributed by atoms with Gasteiger partial charge in [0.2, 0.25) is 0 Å². The van der Waals surface area contributed by atoms with E-state index < -0.39 is 18.0 Å². The Labute approximate surface area is 226 Å². The number of fused-ring (bicyclic) bond motifs is 1. The zero-order valence-electron chi connectivity index (χ0n) is 22.8. The maximum absolute atomic E-state index is 13.1. The predicted octanol–water partition coefficient (Wildman–Crippen LogP) is 1.91. The fraction of sp³-hybridized carbons (Fsp3) is 0.500. The molecule has 0 aliphatic carbocycles. The second kappa shape index (κ2) is 12.0. The third-order valence-corrected chi connectivity index (χ3v) is 6.20. The second-order valence-corrected chi connectivity index (χ2v) is 9.23. The van der Waals surface area contributed by atoms with Crippen LogP contribution in [0.5, 0.6) is 5.75 Å². The minimum Gasteiger partial charge on any atom is -0.493 e. The van der Waals surface area contributed by atoms with Crippen LogP contribution < -0.4 is 10.1 Å². The Kier molecular flexibility index (Phi) is 8.57. The van der Waals surface area contributed by atoms with Crippen molar-refractivity contribution in [1.29, 1.82) is 0 Å². The first-order valence-corrected chi connectivity index (χ1v) is 12.9. The quantitative estimate of drug-likeness (QED) is 0.423. The highest BCUT2D eigenvalue weighted by Crippen LogP contribution is 2.28. The summed E-state index contributed by atoms with van der Waals surface area (Å²) in [6, 6.07) is 4.87. The lowest BCUT2D eigenvalue weighted by atomic mass is 10.1. The highest BCUT2D eigenvalue weighted by molar-refractivity contribution is 6.13. The third-order valence-electron chi connectivity index (χ3n) is 6.20. The maximum Gasteiger partial charge on any atom is 0.303 e. The number of carbonyl (C=O) groups excluding carboxylic acids is 3. The zero-order valence-corrected chi connectivity index (χ0v) is 22.8. The largest absolute Gasteiger partial charge is 0.493 e. The molecule has 2 atom stereocenters. The van der Waals surface area contributed by atoms with E-state index in [0.29, 0.717) is 35.1 Å². The molecule has 1 amide bonds. The number of hydrogen-bond acceptors (Lipinski definition) is 11. The van der Waals surface area contributed by atoms with E-state index in [2.05, 4.69) is 27.5 Å². The molecule has 0 spiro atoms. The van der Waals surface area contributed by atoms with Crippen LogP contribution >= 0.6 is 0 Å². The summed E-state index contributed by atoms with van der Waals surface area (Å²) in [7, 11) is 0. The lowest BCUT2D eigenvalue weighted by molar-refractivity contribution is -0.144. The van der Waals surface area contributed by atoms with E-state index in [-0.39, 0.29) is 31.7 Å². The highest BCUT2D eigenvalue weighted by Gasteiger charge is 2.42. The molecule has 2 aliphatic rings. The lowest BCUT2D eigenvalue weighted by Crippen LogP contribution is -2.54. The number of aromatic nitrogens is 3. The van der Waals surface area contributed by atoms with Crippen molar-refractivity contribution in [3.8, 4) is 5.75 Å². The van der Waals surface area contributed by atoms with Crippen LogP contribution in [0.3, 0.4) is 0 Å². The molecule has 0 saturated heterocycles. The summed E-state index contributed by atoms with van der Waals surface area (Å²) in [5, 5.41) is 17.8. The summed E-state index contributed by atoms with van der Waals surface area (Å²) in [6.07, 6.45) is 1.60. The molecule has 4 rings (SSSR count). The van der Waals surface area contributed by atoms with E-state index in [1.807, 2.05) is 32.0 Å². The first-order chi connectivity index (χ1) is 18.7. The van der Waals surface area contributed by atoms with Crippen LogP contribution in [0.4, 0.5) is 0 Å². The average Bonchev–Trinajstić information content (AvgIpc) is 3.42. The zero-order chi connectivity index (χ0) is 28.1. The Morgan fingerprint density at radius 3 is 2.54 bits per heavy atom. The van der Waals surface area contributed by atoms with E-state index in [4.69, 9.17) is 19.3 Å². The maximum atomic E-state index is 13.1. The van der Waals surface area contributed by atoms with Gasteiger partial charge in [0.1, 0.15) is 36.2 Å². The molecular weight excluding hydrogens is 506 g/mol. The summed E-state index contributed by atoms with van der Waals surface area (Å²) in [5.41, 5.74) is 2.30. The summed E-state index contributed by atoms with van der Waals surface area (Å²) in [5.74, 6) is 0.620. The van der Waals surface area contributed by atoms with Crippen LogP contribution in [0.1, 0.15) is 70.0 Å². The Morgan fingerprint density at radius 1 is 1.10 bits per heavy atom. The Balaban J connectivity index is 1.68. The normalized spacial score (nSPS) is 18.2. The molecule has 1 aromatic heterocycles. The number of esters is 2. The number of rotatable bonds is 11. The van der Waals surface area contributed by atoms with Crippen molar-refractivity contribution >= 4 is 29.5 Å². The van der Waals surface area contributed by atoms with Crippen LogP contribution in [-0.2, 0) is 43.6 Å². The van der Waals surface area contributed by atoms with Crippen molar-refractivity contribution in [2.75, 3.05) is 6.61 Å². The number of aliphatic imine (C=N–C) groups is 1. The molecule has 2 aromatic rings. The molecule has 39 heavy (non-hydrogen) atoms. The number of nitrogens with one attached hydrogen (secondary N) is 1. The van der Waals surface area contributed by atoms with Crippen LogP contribution in [0.2, 0.25) is 0 Å². The summed E-state index contributed by atoms with van der Waals surface area (Å²) in [4.78, 5) is 40.5. The Hall–Kier alpha value is -4.29. The minimum absolute atomic E-state index is 0.0837. The van der Waals surface area contributed by atoms with Gasteiger partial charge in [0.25, 0.3) is 5.91 Å². The second-order valence-electron chi connectivity index (χ2n) is 9.23. The molecule has 0 radical (unpaired) electrons. The van der Waals surface area contributed by atoms with Gasteiger partial charge in [-0.3, -0.25) is 19.4 Å². The van der Waals surface area contributed by atoms with Crippen molar-refractivity contribution in [2.24, 2.45) is 10.1 Å². The number of hydrazone groups is 1. The van der Waals surface area contributed by atoms with Crippen molar-refractivity contribution < 1.29 is 28.6 Å². The highest BCUT2D eigenvalue weighted by atomic mass is 16.5. The standard InChI is InChI=1S/C26H33N7O6/c1-6-8-23-27-15(3)24-26(36)28-25(30-33(23)24)19-11-18(9-10-22(19)37-7-2)12-32-21(14-39-17(5)35)20(29-31-32)13-38-16(4)34/h9-11,15,24H,6-8,12-14H2,1-5H3,(H,28,30,36). The summed E-state index contributed by atoms with van der Waals surface area (Å²) < 4.78 is 17.7. The Morgan fingerprint density at radius 2 is 1.85 bits per heavy atom. The summed E-state index contributed by atoms with van der Waals surface area (Å²) >= 11 is 0. The van der Waals surface area contributed by atoms with Gasteiger partial charge < -0.3 is 19.5 Å².